The molecule has 0 aliphatic carbocycles. The Bertz CT molecular complexity index is 1270. The molecule has 146 valence electrons. The van der Waals surface area contributed by atoms with E-state index in [2.05, 4.69) is 15.3 Å². The van der Waals surface area contributed by atoms with Crippen LogP contribution in [-0.4, -0.2) is 20.4 Å². The molecule has 0 fully saturated rings. The van der Waals surface area contributed by atoms with Gasteiger partial charge in [-0.2, -0.15) is 0 Å². The first-order valence-electron chi connectivity index (χ1n) is 8.66. The maximum Gasteiger partial charge on any atom is 0.261 e. The highest BCUT2D eigenvalue weighted by atomic mass is 35.5. The number of amides is 1. The number of nitrogens with zero attached hydrogens (tertiary/aromatic N) is 3. The summed E-state index contributed by atoms with van der Waals surface area (Å²) in [7, 11) is 0. The maximum atomic E-state index is 13.3. The number of carbonyl (C=O) groups excluding carboxylic acids is 1. The van der Waals surface area contributed by atoms with Crippen molar-refractivity contribution in [2.24, 2.45) is 0 Å². The smallest absolute Gasteiger partial charge is 0.261 e. The minimum atomic E-state index is -0.502. The van der Waals surface area contributed by atoms with E-state index in [1.807, 2.05) is 6.07 Å². The number of fused-ring (bicyclic) bond motifs is 1. The number of halogens is 2. The molecule has 4 aromatic rings. The van der Waals surface area contributed by atoms with Crippen molar-refractivity contribution < 1.29 is 9.18 Å². The Morgan fingerprint density at radius 3 is 2.90 bits per heavy atom. The van der Waals surface area contributed by atoms with Crippen molar-refractivity contribution in [1.82, 2.24) is 14.5 Å². The highest BCUT2D eigenvalue weighted by molar-refractivity contribution is 7.14. The first-order chi connectivity index (χ1) is 14.0. The quantitative estimate of drug-likeness (QED) is 0.513. The highest BCUT2D eigenvalue weighted by Crippen LogP contribution is 2.28. The molecule has 0 bridgehead atoms. The second kappa shape index (κ2) is 8.10. The van der Waals surface area contributed by atoms with Crippen molar-refractivity contribution in [1.29, 1.82) is 0 Å². The van der Waals surface area contributed by atoms with Crippen LogP contribution in [0.3, 0.4) is 0 Å². The van der Waals surface area contributed by atoms with E-state index >= 15 is 0 Å². The molecule has 4 rings (SSSR count). The molecule has 0 aliphatic rings. The third-order valence-corrected chi connectivity index (χ3v) is 5.32. The second-order valence-electron chi connectivity index (χ2n) is 6.23. The van der Waals surface area contributed by atoms with Crippen molar-refractivity contribution in [3.8, 4) is 11.3 Å². The van der Waals surface area contributed by atoms with Crippen molar-refractivity contribution in [2.45, 2.75) is 13.0 Å². The van der Waals surface area contributed by atoms with Crippen molar-refractivity contribution >= 4 is 44.9 Å². The Labute approximate surface area is 173 Å². The molecule has 2 aromatic carbocycles. The summed E-state index contributed by atoms with van der Waals surface area (Å²) in [5.74, 6) is -0.777. The van der Waals surface area contributed by atoms with Crippen molar-refractivity contribution in [3.05, 3.63) is 75.4 Å². The van der Waals surface area contributed by atoms with E-state index in [4.69, 9.17) is 11.6 Å². The standard InChI is InChI=1S/C20H14ClFN4O2S/c21-14-9-12(5-6-15(14)22)17-10-29-20(24-17)25-18(27)7-8-26-11-23-16-4-2-1-3-13(16)19(26)28/h1-6,9-11H,7-8H2,(H,24,25,27). The topological polar surface area (TPSA) is 76.9 Å². The van der Waals surface area contributed by atoms with Gasteiger partial charge in [-0.15, -0.1) is 11.3 Å². The predicted octanol–water partition coefficient (Wildman–Crippen LogP) is 4.34. The lowest BCUT2D eigenvalue weighted by Crippen LogP contribution is -2.23. The van der Waals surface area contributed by atoms with Gasteiger partial charge >= 0.3 is 0 Å². The molecule has 0 saturated heterocycles. The number of thiazole rings is 1. The van der Waals surface area contributed by atoms with Crippen LogP contribution in [-0.2, 0) is 11.3 Å². The summed E-state index contributed by atoms with van der Waals surface area (Å²) in [4.78, 5) is 33.3. The van der Waals surface area contributed by atoms with Crippen molar-refractivity contribution in [2.75, 3.05) is 5.32 Å². The molecule has 0 spiro atoms. The van der Waals surface area contributed by atoms with Gasteiger partial charge in [-0.3, -0.25) is 14.2 Å². The van der Waals surface area contributed by atoms with E-state index < -0.39 is 5.82 Å². The Morgan fingerprint density at radius 2 is 2.07 bits per heavy atom. The summed E-state index contributed by atoms with van der Waals surface area (Å²) in [6, 6.07) is 11.4. The first kappa shape index (κ1) is 19.2. The molecular formula is C20H14ClFN4O2S. The lowest BCUT2D eigenvalue weighted by Gasteiger charge is -2.06. The summed E-state index contributed by atoms with van der Waals surface area (Å²) in [5, 5.41) is 5.39. The van der Waals surface area contributed by atoms with Crippen molar-refractivity contribution in [3.63, 3.8) is 0 Å². The van der Waals surface area contributed by atoms with Crippen LogP contribution in [0.4, 0.5) is 9.52 Å². The molecule has 2 heterocycles. The van der Waals surface area contributed by atoms with Gasteiger partial charge in [0.15, 0.2) is 5.13 Å². The maximum absolute atomic E-state index is 13.3. The summed E-state index contributed by atoms with van der Waals surface area (Å²) >= 11 is 7.05. The Hall–Kier alpha value is -3.10. The van der Waals surface area contributed by atoms with Crippen LogP contribution in [0, 0.1) is 5.82 Å². The van der Waals surface area contributed by atoms with E-state index in [1.165, 1.54) is 34.4 Å². The van der Waals surface area contributed by atoms with Gasteiger partial charge in [-0.1, -0.05) is 23.7 Å². The fraction of sp³-hybridized carbons (Fsp3) is 0.100. The van der Waals surface area contributed by atoms with Gasteiger partial charge in [0.1, 0.15) is 5.82 Å². The number of anilines is 1. The molecule has 0 saturated carbocycles. The van der Waals surface area contributed by atoms with Crippen LogP contribution in [0.5, 0.6) is 0 Å². The van der Waals surface area contributed by atoms with Crippen LogP contribution in [0.1, 0.15) is 6.42 Å². The molecule has 0 radical (unpaired) electrons. The van der Waals surface area contributed by atoms with Gasteiger partial charge in [0, 0.05) is 23.9 Å². The monoisotopic (exact) mass is 428 g/mol. The molecule has 0 atom stereocenters. The Balaban J connectivity index is 1.42. The number of rotatable bonds is 5. The zero-order valence-electron chi connectivity index (χ0n) is 14.9. The summed E-state index contributed by atoms with van der Waals surface area (Å²) in [6.45, 7) is 0.203. The number of aryl methyl sites for hydroxylation is 1. The van der Waals surface area contributed by atoms with Gasteiger partial charge in [0.05, 0.1) is 27.9 Å². The number of benzene rings is 2. The van der Waals surface area contributed by atoms with Gasteiger partial charge < -0.3 is 5.32 Å². The summed E-state index contributed by atoms with van der Waals surface area (Å²) in [5.41, 5.74) is 1.67. The average molecular weight is 429 g/mol. The summed E-state index contributed by atoms with van der Waals surface area (Å²) in [6.07, 6.45) is 1.54. The normalized spacial score (nSPS) is 11.0. The lowest BCUT2D eigenvalue weighted by molar-refractivity contribution is -0.116. The van der Waals surface area contributed by atoms with E-state index in [0.29, 0.717) is 27.3 Å². The molecule has 9 heteroatoms. The number of aromatic nitrogens is 3. The average Bonchev–Trinajstić information content (AvgIpc) is 3.18. The molecule has 1 N–H and O–H groups in total. The number of hydrogen-bond donors (Lipinski definition) is 1. The number of carbonyl (C=O) groups is 1. The van der Waals surface area contributed by atoms with Gasteiger partial charge in [-0.25, -0.2) is 14.4 Å². The molecular weight excluding hydrogens is 415 g/mol. The Kier molecular flexibility index (Phi) is 5.37. The largest absolute Gasteiger partial charge is 0.302 e. The zero-order chi connectivity index (χ0) is 20.4. The fourth-order valence-electron chi connectivity index (χ4n) is 2.79. The third-order valence-electron chi connectivity index (χ3n) is 4.28. The number of nitrogens with one attached hydrogen (secondary N) is 1. The van der Waals surface area contributed by atoms with E-state index in [0.717, 1.165) is 0 Å². The minimum absolute atomic E-state index is 0.00974. The molecule has 0 unspecified atom stereocenters. The molecule has 1 amide bonds. The summed E-state index contributed by atoms with van der Waals surface area (Å²) < 4.78 is 14.7. The number of hydrogen-bond acceptors (Lipinski definition) is 5. The van der Waals surface area contributed by atoms with E-state index in [1.54, 1.807) is 29.6 Å². The molecule has 6 nitrogen and oxygen atoms in total. The second-order valence-corrected chi connectivity index (χ2v) is 7.49. The van der Waals surface area contributed by atoms with Crippen LogP contribution < -0.4 is 10.9 Å². The fourth-order valence-corrected chi connectivity index (χ4v) is 3.70. The molecule has 29 heavy (non-hydrogen) atoms. The van der Waals surface area contributed by atoms with Gasteiger partial charge in [-0.05, 0) is 30.3 Å². The van der Waals surface area contributed by atoms with Crippen LogP contribution in [0.15, 0.2) is 59.0 Å². The number of para-hydroxylation sites is 1. The SMILES string of the molecule is O=C(CCn1cnc2ccccc2c1=O)Nc1nc(-c2ccc(F)c(Cl)c2)cs1. The predicted molar refractivity (Wildman–Crippen MR) is 112 cm³/mol. The van der Waals surface area contributed by atoms with Crippen LogP contribution >= 0.6 is 22.9 Å². The third kappa shape index (κ3) is 4.18. The van der Waals surface area contributed by atoms with E-state index in [9.17, 15) is 14.0 Å². The van der Waals surface area contributed by atoms with Gasteiger partial charge in [0.2, 0.25) is 5.91 Å². The van der Waals surface area contributed by atoms with Crippen LogP contribution in [0.25, 0.3) is 22.2 Å². The minimum Gasteiger partial charge on any atom is -0.302 e. The van der Waals surface area contributed by atoms with E-state index in [-0.39, 0.29) is 29.5 Å². The molecule has 2 aromatic heterocycles. The molecule has 0 aliphatic heterocycles. The first-order valence-corrected chi connectivity index (χ1v) is 9.92. The Morgan fingerprint density at radius 1 is 1.24 bits per heavy atom. The van der Waals surface area contributed by atoms with Gasteiger partial charge in [0.25, 0.3) is 5.56 Å². The lowest BCUT2D eigenvalue weighted by atomic mass is 10.2. The highest BCUT2D eigenvalue weighted by Gasteiger charge is 2.11. The zero-order valence-corrected chi connectivity index (χ0v) is 16.5. The van der Waals surface area contributed by atoms with Crippen LogP contribution in [0.2, 0.25) is 5.02 Å².